The van der Waals surface area contributed by atoms with Crippen molar-refractivity contribution in [1.29, 1.82) is 0 Å². The van der Waals surface area contributed by atoms with Crippen molar-refractivity contribution >= 4 is 23.4 Å². The Labute approximate surface area is 222 Å². The first-order valence-corrected chi connectivity index (χ1v) is 12.6. The van der Waals surface area contributed by atoms with E-state index in [1.165, 1.54) is 0 Å². The number of aromatic nitrogens is 2. The van der Waals surface area contributed by atoms with Gasteiger partial charge in [0, 0.05) is 37.9 Å². The molecule has 1 aromatic heterocycles. The standard InChI is InChI=1S/C28H33ClN4O4/c1-20-14-23(10-11-24(20)29)36-19-28(16-26(34)31(3)17-22-8-6-5-7-9-22)18-33(12-13-37-28)27(35)25-15-21(2)32(4)30-25/h5-11,14-15H,12-13,16-19H2,1-4H3. The number of amides is 2. The minimum absolute atomic E-state index is 0.0634. The molecule has 0 N–H and O–H groups in total. The molecule has 1 saturated heterocycles. The van der Waals surface area contributed by atoms with Crippen LogP contribution < -0.4 is 4.74 Å². The monoisotopic (exact) mass is 524 g/mol. The summed E-state index contributed by atoms with van der Waals surface area (Å²) in [5, 5.41) is 5.00. The molecule has 2 aromatic carbocycles. The zero-order valence-corrected chi connectivity index (χ0v) is 22.5. The van der Waals surface area contributed by atoms with Crippen LogP contribution in [0.15, 0.2) is 54.6 Å². The van der Waals surface area contributed by atoms with Gasteiger partial charge in [0.25, 0.3) is 5.91 Å². The summed E-state index contributed by atoms with van der Waals surface area (Å²) in [5.41, 5.74) is 2.17. The summed E-state index contributed by atoms with van der Waals surface area (Å²) in [6.45, 7) is 5.28. The molecule has 2 amide bonds. The van der Waals surface area contributed by atoms with Crippen LogP contribution in [-0.4, -0.2) is 70.3 Å². The predicted octanol–water partition coefficient (Wildman–Crippen LogP) is 4.03. The van der Waals surface area contributed by atoms with Gasteiger partial charge in [-0.2, -0.15) is 5.10 Å². The predicted molar refractivity (Wildman–Crippen MR) is 142 cm³/mol. The molecular formula is C28H33ClN4O4. The van der Waals surface area contributed by atoms with Crippen LogP contribution >= 0.6 is 11.6 Å². The Bertz CT molecular complexity index is 1240. The molecule has 0 bridgehead atoms. The highest BCUT2D eigenvalue weighted by atomic mass is 35.5. The first-order chi connectivity index (χ1) is 17.7. The van der Waals surface area contributed by atoms with Gasteiger partial charge in [-0.3, -0.25) is 14.3 Å². The Morgan fingerprint density at radius 1 is 1.16 bits per heavy atom. The number of hydrogen-bond donors (Lipinski definition) is 0. The van der Waals surface area contributed by atoms with Crippen molar-refractivity contribution in [2.75, 3.05) is 33.4 Å². The summed E-state index contributed by atoms with van der Waals surface area (Å²) in [6, 6.07) is 17.0. The topological polar surface area (TPSA) is 76.9 Å². The highest BCUT2D eigenvalue weighted by molar-refractivity contribution is 6.31. The van der Waals surface area contributed by atoms with E-state index in [1.54, 1.807) is 46.8 Å². The SMILES string of the molecule is Cc1cc(OCC2(CC(=O)N(C)Cc3ccccc3)CN(C(=O)c3cc(C)n(C)n3)CCO2)ccc1Cl. The van der Waals surface area contributed by atoms with Gasteiger partial charge in [0.1, 0.15) is 18.0 Å². The van der Waals surface area contributed by atoms with E-state index in [2.05, 4.69) is 5.10 Å². The Hall–Kier alpha value is -3.36. The molecule has 37 heavy (non-hydrogen) atoms. The van der Waals surface area contributed by atoms with Crippen LogP contribution in [0.25, 0.3) is 0 Å². The van der Waals surface area contributed by atoms with E-state index in [4.69, 9.17) is 21.1 Å². The molecule has 3 aromatic rings. The van der Waals surface area contributed by atoms with Crippen molar-refractivity contribution in [3.8, 4) is 5.75 Å². The molecule has 0 aliphatic carbocycles. The third-order valence-corrected chi connectivity index (χ3v) is 7.09. The summed E-state index contributed by atoms with van der Waals surface area (Å²) in [7, 11) is 3.58. The van der Waals surface area contributed by atoms with Crippen LogP contribution in [0, 0.1) is 13.8 Å². The van der Waals surface area contributed by atoms with E-state index >= 15 is 0 Å². The first-order valence-electron chi connectivity index (χ1n) is 12.3. The van der Waals surface area contributed by atoms with Gasteiger partial charge in [-0.15, -0.1) is 0 Å². The Morgan fingerprint density at radius 3 is 2.59 bits per heavy atom. The second-order valence-electron chi connectivity index (χ2n) is 9.66. The van der Waals surface area contributed by atoms with Crippen LogP contribution in [0.2, 0.25) is 5.02 Å². The fraction of sp³-hybridized carbons (Fsp3) is 0.393. The summed E-state index contributed by atoms with van der Waals surface area (Å²) in [4.78, 5) is 30.1. The molecule has 1 atom stereocenters. The molecule has 1 aliphatic rings. The zero-order valence-electron chi connectivity index (χ0n) is 21.7. The van der Waals surface area contributed by atoms with Gasteiger partial charge in [-0.25, -0.2) is 0 Å². The number of carbonyl (C=O) groups is 2. The maximum absolute atomic E-state index is 13.4. The molecule has 0 saturated carbocycles. The lowest BCUT2D eigenvalue weighted by molar-refractivity contribution is -0.152. The lowest BCUT2D eigenvalue weighted by Crippen LogP contribution is -2.58. The number of nitrogens with zero attached hydrogens (tertiary/aromatic N) is 4. The number of ether oxygens (including phenoxy) is 2. The molecule has 4 rings (SSSR count). The lowest BCUT2D eigenvalue weighted by Gasteiger charge is -2.42. The highest BCUT2D eigenvalue weighted by Gasteiger charge is 2.42. The highest BCUT2D eigenvalue weighted by Crippen LogP contribution is 2.28. The van der Waals surface area contributed by atoms with Crippen molar-refractivity contribution < 1.29 is 19.1 Å². The summed E-state index contributed by atoms with van der Waals surface area (Å²) in [6.07, 6.45) is 0.0634. The minimum Gasteiger partial charge on any atom is -0.490 e. The van der Waals surface area contributed by atoms with Gasteiger partial charge >= 0.3 is 0 Å². The number of hydrogen-bond acceptors (Lipinski definition) is 5. The number of benzene rings is 2. The van der Waals surface area contributed by atoms with Gasteiger partial charge in [0.2, 0.25) is 5.91 Å². The van der Waals surface area contributed by atoms with E-state index in [1.807, 2.05) is 50.2 Å². The number of halogens is 1. The van der Waals surface area contributed by atoms with E-state index in [0.29, 0.717) is 29.6 Å². The van der Waals surface area contributed by atoms with Crippen LogP contribution in [0.4, 0.5) is 0 Å². The van der Waals surface area contributed by atoms with E-state index in [9.17, 15) is 9.59 Å². The molecule has 1 aliphatic heterocycles. The average molecular weight is 525 g/mol. The molecule has 0 radical (unpaired) electrons. The third-order valence-electron chi connectivity index (χ3n) is 6.66. The second-order valence-corrected chi connectivity index (χ2v) is 10.1. The Kier molecular flexibility index (Phi) is 8.19. The normalized spacial score (nSPS) is 17.5. The molecule has 2 heterocycles. The molecule has 196 valence electrons. The van der Waals surface area contributed by atoms with Crippen molar-refractivity contribution in [3.63, 3.8) is 0 Å². The first kappa shape index (κ1) is 26.7. The molecule has 9 heteroatoms. The number of aryl methyl sites for hydroxylation is 3. The van der Waals surface area contributed by atoms with Crippen molar-refractivity contribution in [1.82, 2.24) is 19.6 Å². The van der Waals surface area contributed by atoms with Crippen LogP contribution in [0.1, 0.15) is 33.7 Å². The number of morpholine rings is 1. The molecule has 0 spiro atoms. The summed E-state index contributed by atoms with van der Waals surface area (Å²) >= 11 is 6.17. The smallest absolute Gasteiger partial charge is 0.274 e. The van der Waals surface area contributed by atoms with Crippen molar-refractivity contribution in [3.05, 3.63) is 82.1 Å². The van der Waals surface area contributed by atoms with Gasteiger partial charge in [-0.1, -0.05) is 41.9 Å². The summed E-state index contributed by atoms with van der Waals surface area (Å²) < 4.78 is 14.0. The maximum atomic E-state index is 13.4. The van der Waals surface area contributed by atoms with Gasteiger partial charge in [0.15, 0.2) is 5.69 Å². The fourth-order valence-corrected chi connectivity index (χ4v) is 4.49. The van der Waals surface area contributed by atoms with Crippen LogP contribution in [-0.2, 0) is 23.1 Å². The maximum Gasteiger partial charge on any atom is 0.274 e. The largest absolute Gasteiger partial charge is 0.490 e. The van der Waals surface area contributed by atoms with E-state index in [0.717, 1.165) is 16.8 Å². The Morgan fingerprint density at radius 2 is 1.92 bits per heavy atom. The van der Waals surface area contributed by atoms with E-state index in [-0.39, 0.29) is 38.0 Å². The van der Waals surface area contributed by atoms with Crippen molar-refractivity contribution in [2.24, 2.45) is 7.05 Å². The average Bonchev–Trinajstić information content (AvgIpc) is 3.23. The molecule has 8 nitrogen and oxygen atoms in total. The zero-order chi connectivity index (χ0) is 26.6. The van der Waals surface area contributed by atoms with Gasteiger partial charge < -0.3 is 19.3 Å². The van der Waals surface area contributed by atoms with Crippen LogP contribution in [0.3, 0.4) is 0 Å². The molecule has 1 unspecified atom stereocenters. The van der Waals surface area contributed by atoms with E-state index < -0.39 is 5.60 Å². The van der Waals surface area contributed by atoms with Crippen LogP contribution in [0.5, 0.6) is 5.75 Å². The van der Waals surface area contributed by atoms with Gasteiger partial charge in [0.05, 0.1) is 19.6 Å². The lowest BCUT2D eigenvalue weighted by atomic mass is 9.96. The molecule has 1 fully saturated rings. The minimum atomic E-state index is -1.02. The Balaban J connectivity index is 1.54. The number of carbonyl (C=O) groups excluding carboxylic acids is 2. The molecular weight excluding hydrogens is 492 g/mol. The summed E-state index contributed by atoms with van der Waals surface area (Å²) in [5.74, 6) is 0.338. The third kappa shape index (κ3) is 6.50. The van der Waals surface area contributed by atoms with Crippen molar-refractivity contribution in [2.45, 2.75) is 32.4 Å². The fourth-order valence-electron chi connectivity index (χ4n) is 4.37. The van der Waals surface area contributed by atoms with Gasteiger partial charge in [-0.05, 0) is 49.2 Å². The quantitative estimate of drug-likeness (QED) is 0.444. The number of rotatable bonds is 8. The second kappa shape index (κ2) is 11.4.